The second kappa shape index (κ2) is 6.96. The highest BCUT2D eigenvalue weighted by atomic mass is 32.2. The van der Waals surface area contributed by atoms with E-state index < -0.39 is 6.04 Å². The summed E-state index contributed by atoms with van der Waals surface area (Å²) in [5.41, 5.74) is 6.90. The molecule has 1 aliphatic carbocycles. The Bertz CT molecular complexity index is 410. The quantitative estimate of drug-likeness (QED) is 0.889. The molecule has 4 heteroatoms. The van der Waals surface area contributed by atoms with E-state index in [0.717, 1.165) is 12.0 Å². The van der Waals surface area contributed by atoms with Crippen LogP contribution in [-0.4, -0.2) is 23.5 Å². The molecule has 0 aliphatic heterocycles. The average molecular weight is 278 g/mol. The standard InChI is InChI=1S/C15H22N2OS/c1-19-13-10-6-5-9-12(13)17-15(18)14(16)11-7-3-2-4-8-11/h2-4,7-8,12-14H,5-6,9-10,16H2,1H3,(H,17,18). The number of thioether (sulfide) groups is 1. The van der Waals surface area contributed by atoms with Crippen LogP contribution in [0.25, 0.3) is 0 Å². The van der Waals surface area contributed by atoms with Gasteiger partial charge in [0.2, 0.25) is 5.91 Å². The minimum atomic E-state index is -0.564. The van der Waals surface area contributed by atoms with Crippen LogP contribution in [0.3, 0.4) is 0 Å². The number of hydrogen-bond donors (Lipinski definition) is 2. The zero-order chi connectivity index (χ0) is 13.7. The van der Waals surface area contributed by atoms with E-state index in [4.69, 9.17) is 5.73 Å². The third-order valence-corrected chi connectivity index (χ3v) is 4.94. The van der Waals surface area contributed by atoms with Crippen LogP contribution >= 0.6 is 11.8 Å². The minimum absolute atomic E-state index is 0.0582. The molecule has 3 N–H and O–H groups in total. The minimum Gasteiger partial charge on any atom is -0.351 e. The van der Waals surface area contributed by atoms with E-state index in [1.54, 1.807) is 0 Å². The van der Waals surface area contributed by atoms with Gasteiger partial charge in [0, 0.05) is 11.3 Å². The number of rotatable bonds is 4. The predicted molar refractivity (Wildman–Crippen MR) is 81.1 cm³/mol. The molecular formula is C15H22N2OS. The van der Waals surface area contributed by atoms with Gasteiger partial charge in [0.1, 0.15) is 6.04 Å². The maximum Gasteiger partial charge on any atom is 0.241 e. The molecule has 1 saturated carbocycles. The topological polar surface area (TPSA) is 55.1 Å². The Balaban J connectivity index is 1.96. The number of amides is 1. The molecule has 104 valence electrons. The molecular weight excluding hydrogens is 256 g/mol. The van der Waals surface area contributed by atoms with E-state index in [-0.39, 0.29) is 11.9 Å². The van der Waals surface area contributed by atoms with Crippen LogP contribution in [0, 0.1) is 0 Å². The predicted octanol–water partition coefficient (Wildman–Crippen LogP) is 2.48. The molecule has 0 aromatic heterocycles. The zero-order valence-corrected chi connectivity index (χ0v) is 12.2. The molecule has 3 unspecified atom stereocenters. The fraction of sp³-hybridized carbons (Fsp3) is 0.533. The summed E-state index contributed by atoms with van der Waals surface area (Å²) < 4.78 is 0. The van der Waals surface area contributed by atoms with Crippen LogP contribution in [0.4, 0.5) is 0 Å². The normalized spacial score (nSPS) is 24.7. The molecule has 3 nitrogen and oxygen atoms in total. The van der Waals surface area contributed by atoms with Crippen molar-refractivity contribution < 1.29 is 4.79 Å². The molecule has 0 bridgehead atoms. The van der Waals surface area contributed by atoms with Gasteiger partial charge in [0.05, 0.1) is 0 Å². The number of nitrogens with two attached hydrogens (primary N) is 1. The molecule has 2 rings (SSSR count). The van der Waals surface area contributed by atoms with E-state index in [1.165, 1.54) is 19.3 Å². The third-order valence-electron chi connectivity index (χ3n) is 3.77. The van der Waals surface area contributed by atoms with Gasteiger partial charge in [-0.3, -0.25) is 4.79 Å². The molecule has 1 fully saturated rings. The first-order valence-electron chi connectivity index (χ1n) is 6.86. The third kappa shape index (κ3) is 3.74. The highest BCUT2D eigenvalue weighted by Crippen LogP contribution is 2.27. The van der Waals surface area contributed by atoms with E-state index in [9.17, 15) is 4.79 Å². The second-order valence-corrected chi connectivity index (χ2v) is 6.14. The molecule has 1 aromatic carbocycles. The summed E-state index contributed by atoms with van der Waals surface area (Å²) in [4.78, 5) is 12.2. The first kappa shape index (κ1) is 14.4. The fourth-order valence-corrected chi connectivity index (χ4v) is 3.56. The Hall–Kier alpha value is -1.00. The summed E-state index contributed by atoms with van der Waals surface area (Å²) in [6.45, 7) is 0. The van der Waals surface area contributed by atoms with Gasteiger partial charge in [-0.05, 0) is 24.7 Å². The maximum atomic E-state index is 12.2. The van der Waals surface area contributed by atoms with E-state index >= 15 is 0 Å². The highest BCUT2D eigenvalue weighted by Gasteiger charge is 2.27. The Morgan fingerprint density at radius 2 is 2.00 bits per heavy atom. The van der Waals surface area contributed by atoms with Crippen LogP contribution in [-0.2, 0) is 4.79 Å². The summed E-state index contributed by atoms with van der Waals surface area (Å²) in [5.74, 6) is -0.0582. The Morgan fingerprint density at radius 1 is 1.32 bits per heavy atom. The van der Waals surface area contributed by atoms with Gasteiger partial charge in [-0.15, -0.1) is 0 Å². The van der Waals surface area contributed by atoms with Crippen molar-refractivity contribution in [2.75, 3.05) is 6.26 Å². The van der Waals surface area contributed by atoms with E-state index in [1.807, 2.05) is 42.1 Å². The lowest BCUT2D eigenvalue weighted by Crippen LogP contribution is -2.47. The molecule has 19 heavy (non-hydrogen) atoms. The van der Waals surface area contributed by atoms with Gasteiger partial charge in [0.25, 0.3) is 0 Å². The molecule has 0 heterocycles. The lowest BCUT2D eigenvalue weighted by atomic mass is 9.94. The van der Waals surface area contributed by atoms with Crippen molar-refractivity contribution in [3.05, 3.63) is 35.9 Å². The monoisotopic (exact) mass is 278 g/mol. The van der Waals surface area contributed by atoms with Gasteiger partial charge in [-0.1, -0.05) is 43.2 Å². The fourth-order valence-electron chi connectivity index (χ4n) is 2.63. The summed E-state index contributed by atoms with van der Waals surface area (Å²) in [6.07, 6.45) is 6.84. The summed E-state index contributed by atoms with van der Waals surface area (Å²) >= 11 is 1.85. The van der Waals surface area contributed by atoms with Crippen molar-refractivity contribution in [3.63, 3.8) is 0 Å². The van der Waals surface area contributed by atoms with Crippen molar-refractivity contribution >= 4 is 17.7 Å². The van der Waals surface area contributed by atoms with Crippen LogP contribution in [0.2, 0.25) is 0 Å². The van der Waals surface area contributed by atoms with E-state index in [2.05, 4.69) is 11.6 Å². The number of carbonyl (C=O) groups excluding carboxylic acids is 1. The van der Waals surface area contributed by atoms with Crippen molar-refractivity contribution in [3.8, 4) is 0 Å². The first-order chi connectivity index (χ1) is 9.22. The smallest absolute Gasteiger partial charge is 0.241 e. The van der Waals surface area contributed by atoms with Crippen LogP contribution in [0.15, 0.2) is 30.3 Å². The number of nitrogens with one attached hydrogen (secondary N) is 1. The van der Waals surface area contributed by atoms with Gasteiger partial charge in [-0.25, -0.2) is 0 Å². The van der Waals surface area contributed by atoms with Crippen molar-refractivity contribution in [2.45, 2.75) is 43.0 Å². The van der Waals surface area contributed by atoms with Crippen molar-refractivity contribution in [2.24, 2.45) is 5.73 Å². The summed E-state index contributed by atoms with van der Waals surface area (Å²) in [7, 11) is 0. The lowest BCUT2D eigenvalue weighted by Gasteiger charge is -2.31. The molecule has 1 amide bonds. The number of benzene rings is 1. The van der Waals surface area contributed by atoms with Crippen LogP contribution in [0.1, 0.15) is 37.3 Å². The first-order valence-corrected chi connectivity index (χ1v) is 8.15. The van der Waals surface area contributed by atoms with Crippen molar-refractivity contribution in [1.82, 2.24) is 5.32 Å². The van der Waals surface area contributed by atoms with Gasteiger partial charge in [-0.2, -0.15) is 11.8 Å². The largest absolute Gasteiger partial charge is 0.351 e. The average Bonchev–Trinajstić information content (AvgIpc) is 2.48. The van der Waals surface area contributed by atoms with Gasteiger partial charge >= 0.3 is 0 Å². The molecule has 3 atom stereocenters. The maximum absolute atomic E-state index is 12.2. The van der Waals surface area contributed by atoms with Crippen molar-refractivity contribution in [1.29, 1.82) is 0 Å². The summed E-state index contributed by atoms with van der Waals surface area (Å²) in [6, 6.07) is 9.26. The zero-order valence-electron chi connectivity index (χ0n) is 11.3. The second-order valence-electron chi connectivity index (χ2n) is 5.06. The molecule has 0 radical (unpaired) electrons. The Labute approximate surface area is 119 Å². The molecule has 0 saturated heterocycles. The lowest BCUT2D eigenvalue weighted by molar-refractivity contribution is -0.123. The SMILES string of the molecule is CSC1CCCCC1NC(=O)C(N)c1ccccc1. The van der Waals surface area contributed by atoms with Crippen LogP contribution < -0.4 is 11.1 Å². The molecule has 1 aromatic rings. The molecule has 0 spiro atoms. The number of carbonyl (C=O) groups is 1. The Kier molecular flexibility index (Phi) is 5.28. The van der Waals surface area contributed by atoms with E-state index in [0.29, 0.717) is 5.25 Å². The van der Waals surface area contributed by atoms with Gasteiger partial charge < -0.3 is 11.1 Å². The van der Waals surface area contributed by atoms with Crippen LogP contribution in [0.5, 0.6) is 0 Å². The summed E-state index contributed by atoms with van der Waals surface area (Å²) in [5, 5.41) is 3.66. The Morgan fingerprint density at radius 3 is 2.68 bits per heavy atom. The van der Waals surface area contributed by atoms with Gasteiger partial charge in [0.15, 0.2) is 0 Å². The highest BCUT2D eigenvalue weighted by molar-refractivity contribution is 7.99. The number of hydrogen-bond acceptors (Lipinski definition) is 3. The molecule has 1 aliphatic rings.